The third-order valence-electron chi connectivity index (χ3n) is 2.78. The highest BCUT2D eigenvalue weighted by Gasteiger charge is 1.99. The summed E-state index contributed by atoms with van der Waals surface area (Å²) in [6, 6.07) is 17.6. The van der Waals surface area contributed by atoms with Crippen LogP contribution >= 0.6 is 0 Å². The van der Waals surface area contributed by atoms with E-state index in [-0.39, 0.29) is 6.10 Å². The molecule has 0 bridgehead atoms. The van der Waals surface area contributed by atoms with Gasteiger partial charge in [0.05, 0.1) is 17.7 Å². The van der Waals surface area contributed by atoms with Crippen LogP contribution < -0.4 is 10.1 Å². The molecular formula is C17H18N2O. The molecule has 0 radical (unpaired) electrons. The lowest BCUT2D eigenvalue weighted by Crippen LogP contribution is -2.05. The lowest BCUT2D eigenvalue weighted by atomic mass is 10.1. The first-order chi connectivity index (χ1) is 9.67. The van der Waals surface area contributed by atoms with E-state index in [1.54, 1.807) is 0 Å². The first-order valence-corrected chi connectivity index (χ1v) is 6.67. The first-order valence-electron chi connectivity index (χ1n) is 6.67. The van der Waals surface area contributed by atoms with Crippen LogP contribution in [-0.4, -0.2) is 6.10 Å². The van der Waals surface area contributed by atoms with E-state index in [1.807, 2.05) is 62.4 Å². The molecule has 0 amide bonds. The summed E-state index contributed by atoms with van der Waals surface area (Å²) in [4.78, 5) is 0. The molecule has 2 rings (SSSR count). The molecule has 1 N–H and O–H groups in total. The average molecular weight is 266 g/mol. The summed E-state index contributed by atoms with van der Waals surface area (Å²) in [6.45, 7) is 4.71. The number of nitrogens with one attached hydrogen (secondary N) is 1. The van der Waals surface area contributed by atoms with Gasteiger partial charge in [0.15, 0.2) is 0 Å². The van der Waals surface area contributed by atoms with Gasteiger partial charge in [-0.15, -0.1) is 0 Å². The van der Waals surface area contributed by atoms with Crippen LogP contribution in [0.2, 0.25) is 0 Å². The Morgan fingerprint density at radius 1 is 1.15 bits per heavy atom. The number of hydrogen-bond donors (Lipinski definition) is 1. The number of nitrogens with zero attached hydrogens (tertiary/aromatic N) is 1. The second-order valence-corrected chi connectivity index (χ2v) is 4.86. The standard InChI is InChI=1S/C17H18N2O/c1-13(2)20-17-8-6-16(7-9-17)19-12-15-5-3-4-14(10-15)11-18/h3-10,13,19H,12H2,1-2H3. The predicted octanol–water partition coefficient (Wildman–Crippen LogP) is 3.96. The van der Waals surface area contributed by atoms with Gasteiger partial charge in [-0.3, -0.25) is 0 Å². The molecule has 0 aliphatic rings. The number of ether oxygens (including phenoxy) is 1. The van der Waals surface area contributed by atoms with E-state index in [4.69, 9.17) is 10.00 Å². The zero-order chi connectivity index (χ0) is 14.4. The molecule has 0 spiro atoms. The van der Waals surface area contributed by atoms with Gasteiger partial charge in [0, 0.05) is 12.2 Å². The van der Waals surface area contributed by atoms with E-state index < -0.39 is 0 Å². The molecule has 2 aromatic carbocycles. The van der Waals surface area contributed by atoms with Crippen LogP contribution in [-0.2, 0) is 6.54 Å². The van der Waals surface area contributed by atoms with Gasteiger partial charge in [-0.05, 0) is 55.8 Å². The van der Waals surface area contributed by atoms with E-state index in [2.05, 4.69) is 11.4 Å². The molecule has 3 nitrogen and oxygen atoms in total. The molecule has 0 atom stereocenters. The largest absolute Gasteiger partial charge is 0.491 e. The van der Waals surface area contributed by atoms with Crippen molar-refractivity contribution in [3.63, 3.8) is 0 Å². The smallest absolute Gasteiger partial charge is 0.119 e. The molecule has 0 fully saturated rings. The summed E-state index contributed by atoms with van der Waals surface area (Å²) in [6.07, 6.45) is 0.183. The minimum absolute atomic E-state index is 0.183. The van der Waals surface area contributed by atoms with Crippen LogP contribution in [0.5, 0.6) is 5.75 Å². The van der Waals surface area contributed by atoms with Gasteiger partial charge in [-0.25, -0.2) is 0 Å². The Morgan fingerprint density at radius 2 is 1.90 bits per heavy atom. The quantitative estimate of drug-likeness (QED) is 0.891. The molecule has 2 aromatic rings. The maximum atomic E-state index is 8.87. The van der Waals surface area contributed by atoms with Crippen molar-refractivity contribution in [3.8, 4) is 11.8 Å². The molecule has 0 aromatic heterocycles. The fourth-order valence-corrected chi connectivity index (χ4v) is 1.88. The molecule has 0 heterocycles. The van der Waals surface area contributed by atoms with Crippen molar-refractivity contribution < 1.29 is 4.74 Å². The van der Waals surface area contributed by atoms with Crippen LogP contribution in [0.15, 0.2) is 48.5 Å². The fraction of sp³-hybridized carbons (Fsp3) is 0.235. The Labute approximate surface area is 119 Å². The van der Waals surface area contributed by atoms with E-state index >= 15 is 0 Å². The highest BCUT2D eigenvalue weighted by molar-refractivity contribution is 5.47. The summed E-state index contributed by atoms with van der Waals surface area (Å²) >= 11 is 0. The Kier molecular flexibility index (Phi) is 4.62. The normalized spacial score (nSPS) is 10.1. The van der Waals surface area contributed by atoms with Crippen molar-refractivity contribution in [1.82, 2.24) is 0 Å². The highest BCUT2D eigenvalue weighted by Crippen LogP contribution is 2.17. The monoisotopic (exact) mass is 266 g/mol. The summed E-state index contributed by atoms with van der Waals surface area (Å²) in [5.41, 5.74) is 2.81. The summed E-state index contributed by atoms with van der Waals surface area (Å²) in [5, 5.41) is 12.2. The van der Waals surface area contributed by atoms with Crippen molar-refractivity contribution >= 4 is 5.69 Å². The second-order valence-electron chi connectivity index (χ2n) is 4.86. The minimum atomic E-state index is 0.183. The molecule has 0 aliphatic carbocycles. The molecule has 20 heavy (non-hydrogen) atoms. The van der Waals surface area contributed by atoms with Crippen LogP contribution in [0.1, 0.15) is 25.0 Å². The maximum absolute atomic E-state index is 8.87. The third kappa shape index (κ3) is 4.03. The zero-order valence-electron chi connectivity index (χ0n) is 11.8. The van der Waals surface area contributed by atoms with Crippen LogP contribution in [0.25, 0.3) is 0 Å². The van der Waals surface area contributed by atoms with E-state index in [0.717, 1.165) is 17.0 Å². The van der Waals surface area contributed by atoms with E-state index in [0.29, 0.717) is 12.1 Å². The van der Waals surface area contributed by atoms with Gasteiger partial charge in [-0.1, -0.05) is 12.1 Å². The fourth-order valence-electron chi connectivity index (χ4n) is 1.88. The maximum Gasteiger partial charge on any atom is 0.119 e. The number of hydrogen-bond acceptors (Lipinski definition) is 3. The van der Waals surface area contributed by atoms with E-state index in [1.165, 1.54) is 0 Å². The third-order valence-corrected chi connectivity index (χ3v) is 2.78. The average Bonchev–Trinajstić information content (AvgIpc) is 2.46. The summed E-state index contributed by atoms with van der Waals surface area (Å²) in [7, 11) is 0. The van der Waals surface area contributed by atoms with Gasteiger partial charge < -0.3 is 10.1 Å². The van der Waals surface area contributed by atoms with Crippen LogP contribution in [0.3, 0.4) is 0 Å². The van der Waals surface area contributed by atoms with Crippen LogP contribution in [0.4, 0.5) is 5.69 Å². The van der Waals surface area contributed by atoms with Gasteiger partial charge in [-0.2, -0.15) is 5.26 Å². The summed E-state index contributed by atoms with van der Waals surface area (Å²) in [5.74, 6) is 0.872. The molecule has 0 saturated carbocycles. The Bertz CT molecular complexity index is 597. The first kappa shape index (κ1) is 14.0. The van der Waals surface area contributed by atoms with Crippen molar-refractivity contribution in [3.05, 3.63) is 59.7 Å². The van der Waals surface area contributed by atoms with E-state index in [9.17, 15) is 0 Å². The van der Waals surface area contributed by atoms with Crippen molar-refractivity contribution in [1.29, 1.82) is 5.26 Å². The Balaban J connectivity index is 1.95. The molecule has 102 valence electrons. The lowest BCUT2D eigenvalue weighted by Gasteiger charge is -2.11. The molecule has 0 saturated heterocycles. The van der Waals surface area contributed by atoms with Crippen LogP contribution in [0, 0.1) is 11.3 Å². The number of anilines is 1. The van der Waals surface area contributed by atoms with Crippen molar-refractivity contribution in [2.75, 3.05) is 5.32 Å². The molecule has 0 aliphatic heterocycles. The minimum Gasteiger partial charge on any atom is -0.491 e. The SMILES string of the molecule is CC(C)Oc1ccc(NCc2cccc(C#N)c2)cc1. The second kappa shape index (κ2) is 6.63. The zero-order valence-corrected chi connectivity index (χ0v) is 11.8. The topological polar surface area (TPSA) is 45.0 Å². The van der Waals surface area contributed by atoms with Gasteiger partial charge in [0.25, 0.3) is 0 Å². The highest BCUT2D eigenvalue weighted by atomic mass is 16.5. The van der Waals surface area contributed by atoms with Gasteiger partial charge in [0.1, 0.15) is 5.75 Å². The van der Waals surface area contributed by atoms with Crippen molar-refractivity contribution in [2.24, 2.45) is 0 Å². The number of benzene rings is 2. The Hall–Kier alpha value is -2.47. The number of nitriles is 1. The number of rotatable bonds is 5. The predicted molar refractivity (Wildman–Crippen MR) is 80.7 cm³/mol. The Morgan fingerprint density at radius 3 is 2.55 bits per heavy atom. The lowest BCUT2D eigenvalue weighted by molar-refractivity contribution is 0.242. The van der Waals surface area contributed by atoms with Gasteiger partial charge in [0.2, 0.25) is 0 Å². The summed E-state index contributed by atoms with van der Waals surface area (Å²) < 4.78 is 5.60. The molecule has 3 heteroatoms. The van der Waals surface area contributed by atoms with Gasteiger partial charge >= 0.3 is 0 Å². The molecular weight excluding hydrogens is 248 g/mol. The molecule has 0 unspecified atom stereocenters. The van der Waals surface area contributed by atoms with Crippen molar-refractivity contribution in [2.45, 2.75) is 26.5 Å².